The molecule has 1 heterocycles. The molecule has 2 rings (SSSR count). The summed E-state index contributed by atoms with van der Waals surface area (Å²) in [5, 5.41) is 5.83. The number of rotatable bonds is 3. The van der Waals surface area contributed by atoms with Gasteiger partial charge in [0.05, 0.1) is 0 Å². The summed E-state index contributed by atoms with van der Waals surface area (Å²) in [4.78, 5) is 4.14. The Kier molecular flexibility index (Phi) is 2.63. The van der Waals surface area contributed by atoms with Crippen LogP contribution in [0.25, 0.3) is 10.8 Å². The first-order valence-corrected chi connectivity index (χ1v) is 4.98. The molecule has 0 aliphatic carbocycles. The van der Waals surface area contributed by atoms with Crippen molar-refractivity contribution in [2.75, 3.05) is 11.9 Å². The fraction of sp³-hybridized carbons (Fsp3) is 0.250. The first-order chi connectivity index (χ1) is 6.92. The molecule has 1 N–H and O–H groups in total. The number of fused-ring (bicyclic) bond motifs is 1. The van der Waals surface area contributed by atoms with E-state index in [2.05, 4.69) is 35.4 Å². The van der Waals surface area contributed by atoms with Crippen LogP contribution < -0.4 is 5.32 Å². The quantitative estimate of drug-likeness (QED) is 0.796. The van der Waals surface area contributed by atoms with Crippen molar-refractivity contribution in [2.24, 2.45) is 0 Å². The molecule has 1 aromatic carbocycles. The van der Waals surface area contributed by atoms with E-state index in [1.807, 2.05) is 18.5 Å². The largest absolute Gasteiger partial charge is 0.385 e. The Hall–Kier alpha value is -1.57. The first-order valence-electron chi connectivity index (χ1n) is 4.98. The molecule has 2 heteroatoms. The Morgan fingerprint density at radius 2 is 2.21 bits per heavy atom. The molecule has 2 nitrogen and oxygen atoms in total. The highest BCUT2D eigenvalue weighted by molar-refractivity contribution is 5.92. The van der Waals surface area contributed by atoms with Gasteiger partial charge in [-0.3, -0.25) is 4.98 Å². The molecule has 0 spiro atoms. The summed E-state index contributed by atoms with van der Waals surface area (Å²) in [6.45, 7) is 3.17. The predicted molar refractivity (Wildman–Crippen MR) is 60.5 cm³/mol. The van der Waals surface area contributed by atoms with Crippen molar-refractivity contribution in [2.45, 2.75) is 13.3 Å². The summed E-state index contributed by atoms with van der Waals surface area (Å²) in [7, 11) is 0. The van der Waals surface area contributed by atoms with Gasteiger partial charge in [0.25, 0.3) is 0 Å². The van der Waals surface area contributed by atoms with Crippen LogP contribution in [0, 0.1) is 0 Å². The molecule has 2 aromatic rings. The van der Waals surface area contributed by atoms with E-state index < -0.39 is 0 Å². The Labute approximate surface area is 84.0 Å². The lowest BCUT2D eigenvalue weighted by Gasteiger charge is -2.07. The van der Waals surface area contributed by atoms with Gasteiger partial charge in [-0.2, -0.15) is 0 Å². The van der Waals surface area contributed by atoms with Crippen LogP contribution in [0.2, 0.25) is 0 Å². The minimum Gasteiger partial charge on any atom is -0.385 e. The SMILES string of the molecule is CCCNc1cccc2ccncc12. The van der Waals surface area contributed by atoms with Crippen LogP contribution in [0.3, 0.4) is 0 Å². The molecule has 0 radical (unpaired) electrons. The van der Waals surface area contributed by atoms with Gasteiger partial charge >= 0.3 is 0 Å². The standard InChI is InChI=1S/C12H14N2/c1-2-7-14-12-5-3-4-10-6-8-13-9-11(10)12/h3-6,8-9,14H,2,7H2,1H3. The molecule has 0 saturated heterocycles. The fourth-order valence-corrected chi connectivity index (χ4v) is 1.53. The van der Waals surface area contributed by atoms with E-state index in [4.69, 9.17) is 0 Å². The lowest BCUT2D eigenvalue weighted by atomic mass is 10.1. The average molecular weight is 186 g/mol. The number of nitrogens with one attached hydrogen (secondary N) is 1. The molecule has 0 bridgehead atoms. The molecule has 0 fully saturated rings. The van der Waals surface area contributed by atoms with Crippen molar-refractivity contribution >= 4 is 16.5 Å². The van der Waals surface area contributed by atoms with Gasteiger partial charge in [-0.15, -0.1) is 0 Å². The molecule has 1 aromatic heterocycles. The topological polar surface area (TPSA) is 24.9 Å². The molecule has 0 aliphatic heterocycles. The van der Waals surface area contributed by atoms with Crippen LogP contribution >= 0.6 is 0 Å². The Bertz CT molecular complexity index is 418. The molecule has 0 unspecified atom stereocenters. The first kappa shape index (κ1) is 9.00. The van der Waals surface area contributed by atoms with E-state index in [9.17, 15) is 0 Å². The molecule has 0 atom stereocenters. The number of hydrogen-bond donors (Lipinski definition) is 1. The van der Waals surface area contributed by atoms with Crippen molar-refractivity contribution in [3.8, 4) is 0 Å². The molecular formula is C12H14N2. The fourth-order valence-electron chi connectivity index (χ4n) is 1.53. The Balaban J connectivity index is 2.43. The zero-order valence-electron chi connectivity index (χ0n) is 8.33. The Morgan fingerprint density at radius 1 is 1.29 bits per heavy atom. The molecule has 0 saturated carbocycles. The van der Waals surface area contributed by atoms with Crippen molar-refractivity contribution in [3.63, 3.8) is 0 Å². The molecular weight excluding hydrogens is 172 g/mol. The number of nitrogens with zero attached hydrogens (tertiary/aromatic N) is 1. The van der Waals surface area contributed by atoms with Gasteiger partial charge in [-0.25, -0.2) is 0 Å². The van der Waals surface area contributed by atoms with E-state index in [1.54, 1.807) is 0 Å². The zero-order valence-corrected chi connectivity index (χ0v) is 8.33. The van der Waals surface area contributed by atoms with Gasteiger partial charge in [0.2, 0.25) is 0 Å². The summed E-state index contributed by atoms with van der Waals surface area (Å²) in [5.41, 5.74) is 1.18. The number of aromatic nitrogens is 1. The van der Waals surface area contributed by atoms with E-state index in [-0.39, 0.29) is 0 Å². The van der Waals surface area contributed by atoms with Gasteiger partial charge in [0.15, 0.2) is 0 Å². The number of benzene rings is 1. The third-order valence-corrected chi connectivity index (χ3v) is 2.25. The second kappa shape index (κ2) is 4.09. The highest BCUT2D eigenvalue weighted by atomic mass is 14.9. The average Bonchev–Trinajstić information content (AvgIpc) is 2.26. The summed E-state index contributed by atoms with van der Waals surface area (Å²) >= 11 is 0. The summed E-state index contributed by atoms with van der Waals surface area (Å²) in [6.07, 6.45) is 4.87. The van der Waals surface area contributed by atoms with Crippen molar-refractivity contribution in [1.82, 2.24) is 4.98 Å². The maximum absolute atomic E-state index is 4.14. The monoisotopic (exact) mass is 186 g/mol. The van der Waals surface area contributed by atoms with E-state index >= 15 is 0 Å². The maximum atomic E-state index is 4.14. The highest BCUT2D eigenvalue weighted by Gasteiger charge is 1.98. The second-order valence-electron chi connectivity index (χ2n) is 3.33. The third kappa shape index (κ3) is 1.69. The van der Waals surface area contributed by atoms with Crippen molar-refractivity contribution in [3.05, 3.63) is 36.7 Å². The van der Waals surface area contributed by atoms with Crippen molar-refractivity contribution < 1.29 is 0 Å². The molecule has 72 valence electrons. The summed E-state index contributed by atoms with van der Waals surface area (Å²) in [5.74, 6) is 0. The lowest BCUT2D eigenvalue weighted by molar-refractivity contribution is 0.981. The molecule has 0 aliphatic rings. The Morgan fingerprint density at radius 3 is 3.07 bits per heavy atom. The smallest absolute Gasteiger partial charge is 0.0435 e. The van der Waals surface area contributed by atoms with Gasteiger partial charge in [0.1, 0.15) is 0 Å². The number of anilines is 1. The zero-order chi connectivity index (χ0) is 9.80. The predicted octanol–water partition coefficient (Wildman–Crippen LogP) is 3.06. The summed E-state index contributed by atoms with van der Waals surface area (Å²) in [6, 6.07) is 8.31. The van der Waals surface area contributed by atoms with Crippen LogP contribution in [-0.2, 0) is 0 Å². The van der Waals surface area contributed by atoms with Crippen molar-refractivity contribution in [1.29, 1.82) is 0 Å². The maximum Gasteiger partial charge on any atom is 0.0435 e. The van der Waals surface area contributed by atoms with Gasteiger partial charge in [-0.05, 0) is 23.9 Å². The van der Waals surface area contributed by atoms with Crippen LogP contribution in [0.1, 0.15) is 13.3 Å². The lowest BCUT2D eigenvalue weighted by Crippen LogP contribution is -1.99. The second-order valence-corrected chi connectivity index (χ2v) is 3.33. The van der Waals surface area contributed by atoms with Gasteiger partial charge in [0, 0.05) is 30.0 Å². The number of hydrogen-bond acceptors (Lipinski definition) is 2. The highest BCUT2D eigenvalue weighted by Crippen LogP contribution is 2.21. The minimum absolute atomic E-state index is 1.01. The number of pyridine rings is 1. The van der Waals surface area contributed by atoms with Crippen LogP contribution in [0.5, 0.6) is 0 Å². The van der Waals surface area contributed by atoms with Crippen LogP contribution in [-0.4, -0.2) is 11.5 Å². The summed E-state index contributed by atoms with van der Waals surface area (Å²) < 4.78 is 0. The van der Waals surface area contributed by atoms with Crippen LogP contribution in [0.15, 0.2) is 36.7 Å². The molecule has 14 heavy (non-hydrogen) atoms. The van der Waals surface area contributed by atoms with Gasteiger partial charge < -0.3 is 5.32 Å². The minimum atomic E-state index is 1.01. The van der Waals surface area contributed by atoms with E-state index in [0.29, 0.717) is 0 Å². The van der Waals surface area contributed by atoms with E-state index in [0.717, 1.165) is 13.0 Å². The van der Waals surface area contributed by atoms with Gasteiger partial charge in [-0.1, -0.05) is 19.1 Å². The third-order valence-electron chi connectivity index (χ3n) is 2.25. The molecule has 0 amide bonds. The normalized spacial score (nSPS) is 10.4. The van der Waals surface area contributed by atoms with E-state index in [1.165, 1.54) is 16.5 Å². The van der Waals surface area contributed by atoms with Crippen LogP contribution in [0.4, 0.5) is 5.69 Å².